The largest absolute Gasteiger partial charge is 0.331 e. The van der Waals surface area contributed by atoms with Crippen LogP contribution in [0.15, 0.2) is 53.7 Å². The molecule has 0 aliphatic heterocycles. The summed E-state index contributed by atoms with van der Waals surface area (Å²) in [5, 5.41) is 15.8. The Kier molecular flexibility index (Phi) is 6.86. The molecule has 1 aliphatic rings. The summed E-state index contributed by atoms with van der Waals surface area (Å²) in [6, 6.07) is 13.8. The van der Waals surface area contributed by atoms with Crippen LogP contribution in [-0.4, -0.2) is 27.0 Å². The number of carbonyl (C=O) groups excluding carboxylic acids is 2. The number of ketones is 1. The van der Waals surface area contributed by atoms with Crippen LogP contribution in [0, 0.1) is 23.0 Å². The fourth-order valence-electron chi connectivity index (χ4n) is 4.81. The van der Waals surface area contributed by atoms with Crippen molar-refractivity contribution in [1.82, 2.24) is 4.57 Å². The third kappa shape index (κ3) is 4.76. The first-order valence-corrected chi connectivity index (χ1v) is 11.5. The Morgan fingerprint density at radius 2 is 1.76 bits per heavy atom. The molecule has 0 bridgehead atoms. The first-order chi connectivity index (χ1) is 16.4. The Hall–Kier alpha value is -3.81. The standard InChI is InChI=1S/C26H27N3O5/c1-17-25(26(31)23(27-34-18(2)30)16-19-8-4-3-5-9-19)22-10-6-7-11-24(22)28(17)20-12-14-21(15-13-20)29(32)33/h6-7,10-15,19H,3-5,8-9,16H2,1-2H3/b27-23+. The minimum Gasteiger partial charge on any atom is -0.318 e. The van der Waals surface area contributed by atoms with E-state index in [2.05, 4.69) is 5.16 Å². The Morgan fingerprint density at radius 1 is 1.09 bits per heavy atom. The number of hydrogen-bond donors (Lipinski definition) is 0. The summed E-state index contributed by atoms with van der Waals surface area (Å²) in [5.41, 5.74) is 2.95. The van der Waals surface area contributed by atoms with Crippen molar-refractivity contribution >= 4 is 34.1 Å². The molecule has 0 radical (unpaired) electrons. The van der Waals surface area contributed by atoms with Crippen molar-refractivity contribution in [3.05, 3.63) is 69.9 Å². The predicted octanol–water partition coefficient (Wildman–Crippen LogP) is 5.92. The molecule has 8 heteroatoms. The zero-order valence-corrected chi connectivity index (χ0v) is 19.3. The molecule has 1 aromatic heterocycles. The molecule has 4 rings (SSSR count). The first-order valence-electron chi connectivity index (χ1n) is 11.5. The van der Waals surface area contributed by atoms with Crippen LogP contribution in [0.4, 0.5) is 5.69 Å². The van der Waals surface area contributed by atoms with Crippen molar-refractivity contribution in [3.8, 4) is 5.69 Å². The average Bonchev–Trinajstić information content (AvgIpc) is 3.13. The van der Waals surface area contributed by atoms with Gasteiger partial charge in [0.1, 0.15) is 5.71 Å². The van der Waals surface area contributed by atoms with Crippen molar-refractivity contribution < 1.29 is 19.3 Å². The van der Waals surface area contributed by atoms with Gasteiger partial charge in [0.15, 0.2) is 0 Å². The van der Waals surface area contributed by atoms with Crippen LogP contribution >= 0.6 is 0 Å². The van der Waals surface area contributed by atoms with E-state index in [0.717, 1.165) is 36.6 Å². The molecule has 3 aromatic rings. The number of oxime groups is 1. The second-order valence-corrected chi connectivity index (χ2v) is 8.74. The number of benzene rings is 2. The lowest BCUT2D eigenvalue weighted by atomic mass is 9.84. The number of fused-ring (bicyclic) bond motifs is 1. The Morgan fingerprint density at radius 3 is 2.41 bits per heavy atom. The molecule has 1 aliphatic carbocycles. The van der Waals surface area contributed by atoms with Gasteiger partial charge in [-0.05, 0) is 37.5 Å². The van der Waals surface area contributed by atoms with Crippen LogP contribution < -0.4 is 0 Å². The summed E-state index contributed by atoms with van der Waals surface area (Å²) in [6.07, 6.45) is 5.95. The van der Waals surface area contributed by atoms with Crippen molar-refractivity contribution in [2.45, 2.75) is 52.4 Å². The highest BCUT2D eigenvalue weighted by Crippen LogP contribution is 2.32. The quantitative estimate of drug-likeness (QED) is 0.143. The number of aromatic nitrogens is 1. The smallest absolute Gasteiger partial charge is 0.318 e. The zero-order chi connectivity index (χ0) is 24.2. The van der Waals surface area contributed by atoms with E-state index >= 15 is 0 Å². The number of carbonyl (C=O) groups is 2. The highest BCUT2D eigenvalue weighted by Gasteiger charge is 2.27. The topological polar surface area (TPSA) is 104 Å². The van der Waals surface area contributed by atoms with Gasteiger partial charge in [0.25, 0.3) is 5.69 Å². The summed E-state index contributed by atoms with van der Waals surface area (Å²) in [7, 11) is 0. The van der Waals surface area contributed by atoms with E-state index in [1.807, 2.05) is 35.8 Å². The molecule has 2 aromatic carbocycles. The maximum Gasteiger partial charge on any atom is 0.331 e. The number of nitro benzene ring substituents is 1. The Labute approximate surface area is 197 Å². The molecule has 0 saturated heterocycles. The Bertz CT molecular complexity index is 1270. The van der Waals surface area contributed by atoms with Gasteiger partial charge in [-0.15, -0.1) is 0 Å². The highest BCUT2D eigenvalue weighted by molar-refractivity contribution is 6.48. The van der Waals surface area contributed by atoms with Gasteiger partial charge in [0.05, 0.1) is 16.0 Å². The van der Waals surface area contributed by atoms with Crippen LogP contribution in [-0.2, 0) is 9.63 Å². The van der Waals surface area contributed by atoms with E-state index < -0.39 is 10.9 Å². The fraction of sp³-hybridized carbons (Fsp3) is 0.346. The number of para-hydroxylation sites is 1. The zero-order valence-electron chi connectivity index (χ0n) is 19.3. The second-order valence-electron chi connectivity index (χ2n) is 8.74. The van der Waals surface area contributed by atoms with Crippen LogP contribution in [0.2, 0.25) is 0 Å². The average molecular weight is 462 g/mol. The lowest BCUT2D eigenvalue weighted by Crippen LogP contribution is -2.21. The van der Waals surface area contributed by atoms with Crippen LogP contribution in [0.5, 0.6) is 0 Å². The van der Waals surface area contributed by atoms with Gasteiger partial charge in [-0.3, -0.25) is 14.9 Å². The number of nitro groups is 1. The molecule has 0 N–H and O–H groups in total. The third-order valence-electron chi connectivity index (χ3n) is 6.41. The molecule has 8 nitrogen and oxygen atoms in total. The summed E-state index contributed by atoms with van der Waals surface area (Å²) in [6.45, 7) is 3.11. The van der Waals surface area contributed by atoms with Gasteiger partial charge in [-0.25, -0.2) is 4.79 Å². The molecular weight excluding hydrogens is 434 g/mol. The fourth-order valence-corrected chi connectivity index (χ4v) is 4.81. The van der Waals surface area contributed by atoms with Crippen molar-refractivity contribution in [2.24, 2.45) is 11.1 Å². The van der Waals surface area contributed by atoms with Gasteiger partial charge in [0, 0.05) is 35.8 Å². The summed E-state index contributed by atoms with van der Waals surface area (Å²) in [5.74, 6) is -0.504. The molecule has 34 heavy (non-hydrogen) atoms. The van der Waals surface area contributed by atoms with Crippen molar-refractivity contribution in [3.63, 3.8) is 0 Å². The minimum atomic E-state index is -0.570. The molecule has 0 spiro atoms. The van der Waals surface area contributed by atoms with Crippen LogP contribution in [0.3, 0.4) is 0 Å². The molecule has 0 unspecified atom stereocenters. The van der Waals surface area contributed by atoms with Gasteiger partial charge in [-0.1, -0.05) is 55.5 Å². The maximum atomic E-state index is 13.8. The second kappa shape index (κ2) is 9.99. The lowest BCUT2D eigenvalue weighted by molar-refractivity contribution is -0.384. The number of non-ortho nitro benzene ring substituents is 1. The van der Waals surface area contributed by atoms with E-state index in [-0.39, 0.29) is 17.2 Å². The van der Waals surface area contributed by atoms with Crippen LogP contribution in [0.25, 0.3) is 16.6 Å². The van der Waals surface area contributed by atoms with E-state index in [0.29, 0.717) is 29.3 Å². The molecule has 1 saturated carbocycles. The van der Waals surface area contributed by atoms with E-state index in [1.165, 1.54) is 25.5 Å². The van der Waals surface area contributed by atoms with Gasteiger partial charge >= 0.3 is 5.97 Å². The predicted molar refractivity (Wildman–Crippen MR) is 129 cm³/mol. The van der Waals surface area contributed by atoms with Gasteiger partial charge < -0.3 is 9.40 Å². The molecule has 1 fully saturated rings. The van der Waals surface area contributed by atoms with Crippen LogP contribution in [0.1, 0.15) is 61.5 Å². The summed E-state index contributed by atoms with van der Waals surface area (Å²) >= 11 is 0. The molecule has 0 amide bonds. The number of nitrogens with zero attached hydrogens (tertiary/aromatic N) is 3. The molecule has 0 atom stereocenters. The number of hydrogen-bond acceptors (Lipinski definition) is 6. The molecule has 176 valence electrons. The summed E-state index contributed by atoms with van der Waals surface area (Å²) in [4.78, 5) is 40.8. The van der Waals surface area contributed by atoms with Crippen molar-refractivity contribution in [1.29, 1.82) is 0 Å². The SMILES string of the molecule is CC(=O)O/N=C(\CC1CCCCC1)C(=O)c1c(C)n(-c2ccc([N+](=O)[O-])cc2)c2ccccc12. The third-order valence-corrected chi connectivity index (χ3v) is 6.41. The molecule has 1 heterocycles. The highest BCUT2D eigenvalue weighted by atomic mass is 16.7. The van der Waals surface area contributed by atoms with Gasteiger partial charge in [-0.2, -0.15) is 0 Å². The minimum absolute atomic E-state index is 0.00236. The lowest BCUT2D eigenvalue weighted by Gasteiger charge is -2.21. The monoisotopic (exact) mass is 461 g/mol. The maximum absolute atomic E-state index is 13.8. The van der Waals surface area contributed by atoms with Crippen molar-refractivity contribution in [2.75, 3.05) is 0 Å². The first kappa shape index (κ1) is 23.4. The van der Waals surface area contributed by atoms with E-state index in [1.54, 1.807) is 12.1 Å². The number of rotatable bonds is 7. The summed E-state index contributed by atoms with van der Waals surface area (Å²) < 4.78 is 1.91. The Balaban J connectivity index is 1.79. The van der Waals surface area contributed by atoms with Gasteiger partial charge in [0.2, 0.25) is 5.78 Å². The molecular formula is C26H27N3O5. The van der Waals surface area contributed by atoms with E-state index in [9.17, 15) is 19.7 Å². The van der Waals surface area contributed by atoms with E-state index in [4.69, 9.17) is 4.84 Å². The normalized spacial score (nSPS) is 14.8. The number of Topliss-reactive ketones (excluding diaryl/α,β-unsaturated/α-hetero) is 1.